The highest BCUT2D eigenvalue weighted by Gasteiger charge is 2.28. The first-order valence-electron chi connectivity index (χ1n) is 11.6. The Kier molecular flexibility index (Phi) is 5.97. The second-order valence-electron chi connectivity index (χ2n) is 8.76. The molecule has 0 aliphatic carbocycles. The molecule has 2 N–H and O–H groups in total. The Hall–Kier alpha value is -3.79. The van der Waals surface area contributed by atoms with Crippen LogP contribution in [0.5, 0.6) is 0 Å². The van der Waals surface area contributed by atoms with Gasteiger partial charge in [0.25, 0.3) is 11.6 Å². The van der Waals surface area contributed by atoms with E-state index < -0.39 is 4.92 Å². The van der Waals surface area contributed by atoms with Crippen LogP contribution in [0.2, 0.25) is 0 Å². The summed E-state index contributed by atoms with van der Waals surface area (Å²) in [6.45, 7) is 4.66. The van der Waals surface area contributed by atoms with E-state index in [9.17, 15) is 14.9 Å². The lowest BCUT2D eigenvalue weighted by molar-refractivity contribution is -0.384. The van der Waals surface area contributed by atoms with Crippen LogP contribution in [0.4, 0.5) is 17.2 Å². The van der Waals surface area contributed by atoms with Gasteiger partial charge in [-0.15, -0.1) is 0 Å². The average Bonchev–Trinajstić information content (AvgIpc) is 3.39. The lowest BCUT2D eigenvalue weighted by Gasteiger charge is -2.35. The topological polar surface area (TPSA) is 122 Å². The van der Waals surface area contributed by atoms with Crippen molar-refractivity contribution in [2.75, 3.05) is 49.9 Å². The third-order valence-corrected chi connectivity index (χ3v) is 6.57. The minimum absolute atomic E-state index is 0.0593. The van der Waals surface area contributed by atoms with Gasteiger partial charge in [0.15, 0.2) is 0 Å². The summed E-state index contributed by atoms with van der Waals surface area (Å²) in [5.74, 6) is 0.969. The molecule has 176 valence electrons. The Morgan fingerprint density at radius 3 is 2.47 bits per heavy atom. The van der Waals surface area contributed by atoms with Crippen LogP contribution in [0.1, 0.15) is 29.0 Å². The first-order valence-corrected chi connectivity index (χ1v) is 11.6. The molecule has 2 fully saturated rings. The molecule has 0 radical (unpaired) electrons. The van der Waals surface area contributed by atoms with Crippen molar-refractivity contribution in [1.82, 2.24) is 19.8 Å². The number of rotatable bonds is 5. The van der Waals surface area contributed by atoms with Gasteiger partial charge in [0.2, 0.25) is 0 Å². The van der Waals surface area contributed by atoms with Crippen molar-refractivity contribution >= 4 is 34.0 Å². The normalized spacial score (nSPS) is 16.8. The maximum Gasteiger partial charge on any atom is 0.270 e. The van der Waals surface area contributed by atoms with E-state index in [1.54, 1.807) is 11.0 Å². The zero-order chi connectivity index (χ0) is 23.7. The van der Waals surface area contributed by atoms with E-state index in [0.717, 1.165) is 42.5 Å². The number of para-hydroxylation sites is 1. The Morgan fingerprint density at radius 2 is 1.74 bits per heavy atom. The Balaban J connectivity index is 1.29. The van der Waals surface area contributed by atoms with E-state index in [1.807, 2.05) is 24.3 Å². The summed E-state index contributed by atoms with van der Waals surface area (Å²) in [5, 5.41) is 12.2. The molecule has 2 aliphatic heterocycles. The van der Waals surface area contributed by atoms with E-state index in [0.29, 0.717) is 49.9 Å². The van der Waals surface area contributed by atoms with Crippen molar-refractivity contribution in [2.24, 2.45) is 0 Å². The largest absolute Gasteiger partial charge is 0.383 e. The molecule has 0 unspecified atom stereocenters. The van der Waals surface area contributed by atoms with Crippen molar-refractivity contribution in [3.05, 3.63) is 64.0 Å². The maximum absolute atomic E-state index is 13.4. The van der Waals surface area contributed by atoms with Crippen molar-refractivity contribution in [3.63, 3.8) is 0 Å². The van der Waals surface area contributed by atoms with Crippen LogP contribution in [-0.2, 0) is 6.54 Å². The molecule has 3 aromatic rings. The summed E-state index contributed by atoms with van der Waals surface area (Å²) in [6, 6.07) is 12.3. The predicted octanol–water partition coefficient (Wildman–Crippen LogP) is 2.68. The van der Waals surface area contributed by atoms with Crippen LogP contribution in [0.15, 0.2) is 42.5 Å². The number of anilines is 2. The van der Waals surface area contributed by atoms with Crippen LogP contribution in [-0.4, -0.2) is 69.9 Å². The first kappa shape index (κ1) is 22.0. The summed E-state index contributed by atoms with van der Waals surface area (Å²) in [7, 11) is 0. The quantitative estimate of drug-likeness (QED) is 0.455. The van der Waals surface area contributed by atoms with Crippen molar-refractivity contribution in [2.45, 2.75) is 19.4 Å². The summed E-state index contributed by atoms with van der Waals surface area (Å²) in [4.78, 5) is 39.5. The van der Waals surface area contributed by atoms with Gasteiger partial charge in [0, 0.05) is 56.8 Å². The van der Waals surface area contributed by atoms with E-state index in [2.05, 4.69) is 19.8 Å². The average molecular weight is 462 g/mol. The van der Waals surface area contributed by atoms with Crippen LogP contribution in [0.3, 0.4) is 0 Å². The number of benzene rings is 2. The van der Waals surface area contributed by atoms with Gasteiger partial charge in [-0.25, -0.2) is 9.97 Å². The fraction of sp³-hybridized carbons (Fsp3) is 0.375. The summed E-state index contributed by atoms with van der Waals surface area (Å²) in [6.07, 6.45) is 2.12. The van der Waals surface area contributed by atoms with Gasteiger partial charge >= 0.3 is 0 Å². The number of non-ortho nitro benzene ring substituents is 1. The molecule has 10 heteroatoms. The van der Waals surface area contributed by atoms with Gasteiger partial charge in [-0.3, -0.25) is 19.8 Å². The molecule has 2 saturated heterocycles. The molecular weight excluding hydrogens is 434 g/mol. The number of amides is 1. The smallest absolute Gasteiger partial charge is 0.270 e. The number of nitro benzene ring substituents is 1. The number of nitrogen functional groups attached to an aromatic ring is 1. The number of hydrogen-bond donors (Lipinski definition) is 1. The van der Waals surface area contributed by atoms with Crippen LogP contribution >= 0.6 is 0 Å². The zero-order valence-corrected chi connectivity index (χ0v) is 18.9. The number of piperazine rings is 1. The molecule has 1 aromatic heterocycles. The molecule has 34 heavy (non-hydrogen) atoms. The lowest BCUT2D eigenvalue weighted by Crippen LogP contribution is -2.48. The highest BCUT2D eigenvalue weighted by Crippen LogP contribution is 2.30. The summed E-state index contributed by atoms with van der Waals surface area (Å²) >= 11 is 0. The monoisotopic (exact) mass is 461 g/mol. The van der Waals surface area contributed by atoms with Gasteiger partial charge in [0.1, 0.15) is 11.6 Å². The van der Waals surface area contributed by atoms with Crippen LogP contribution in [0.25, 0.3) is 10.9 Å². The fourth-order valence-electron chi connectivity index (χ4n) is 4.74. The fourth-order valence-corrected chi connectivity index (χ4v) is 4.74. The number of hydrogen-bond acceptors (Lipinski definition) is 8. The number of fused-ring (bicyclic) bond motifs is 1. The lowest BCUT2D eigenvalue weighted by atomic mass is 10.1. The van der Waals surface area contributed by atoms with Gasteiger partial charge in [0.05, 0.1) is 28.2 Å². The highest BCUT2D eigenvalue weighted by atomic mass is 16.6. The second kappa shape index (κ2) is 9.22. The number of nitro groups is 1. The summed E-state index contributed by atoms with van der Waals surface area (Å²) < 4.78 is 0. The third-order valence-electron chi connectivity index (χ3n) is 6.57. The van der Waals surface area contributed by atoms with Crippen molar-refractivity contribution in [3.8, 4) is 0 Å². The molecule has 0 bridgehead atoms. The standard InChI is InChI=1S/C24H27N7O3/c25-23-18-5-1-2-6-20(18)26-22(27-23)16-28-11-13-30(14-12-28)24(32)19-15-17(31(33)34)7-8-21(19)29-9-3-4-10-29/h1-2,5-8,15H,3-4,9-14,16H2,(H2,25,26,27). The molecule has 2 aliphatic rings. The molecule has 3 heterocycles. The van der Waals surface area contributed by atoms with E-state index in [4.69, 9.17) is 5.73 Å². The molecule has 0 atom stereocenters. The number of carbonyl (C=O) groups is 1. The minimum atomic E-state index is -0.447. The van der Waals surface area contributed by atoms with E-state index >= 15 is 0 Å². The van der Waals surface area contributed by atoms with Crippen molar-refractivity contribution in [1.29, 1.82) is 0 Å². The van der Waals surface area contributed by atoms with Gasteiger partial charge in [-0.2, -0.15) is 0 Å². The van der Waals surface area contributed by atoms with Crippen LogP contribution in [0, 0.1) is 10.1 Å². The zero-order valence-electron chi connectivity index (χ0n) is 18.9. The Bertz CT molecular complexity index is 1230. The second-order valence-corrected chi connectivity index (χ2v) is 8.76. The Morgan fingerprint density at radius 1 is 1.00 bits per heavy atom. The SMILES string of the molecule is Nc1nc(CN2CCN(C(=O)c3cc([N+](=O)[O-])ccc3N3CCCC3)CC2)nc2ccccc12. The molecule has 5 rings (SSSR count). The number of carbonyl (C=O) groups excluding carboxylic acids is 1. The number of nitrogens with two attached hydrogens (primary N) is 1. The first-order chi connectivity index (χ1) is 16.5. The molecule has 10 nitrogen and oxygen atoms in total. The molecule has 0 spiro atoms. The van der Waals surface area contributed by atoms with E-state index in [1.165, 1.54) is 12.1 Å². The van der Waals surface area contributed by atoms with Gasteiger partial charge < -0.3 is 15.5 Å². The third kappa shape index (κ3) is 4.36. The highest BCUT2D eigenvalue weighted by molar-refractivity contribution is 6.00. The van der Waals surface area contributed by atoms with E-state index in [-0.39, 0.29) is 11.6 Å². The molecule has 1 amide bonds. The van der Waals surface area contributed by atoms with Crippen molar-refractivity contribution < 1.29 is 9.72 Å². The maximum atomic E-state index is 13.4. The molecule has 0 saturated carbocycles. The summed E-state index contributed by atoms with van der Waals surface area (Å²) in [5.41, 5.74) is 8.07. The minimum Gasteiger partial charge on any atom is -0.383 e. The number of aromatic nitrogens is 2. The molecule has 2 aromatic carbocycles. The Labute approximate surface area is 197 Å². The predicted molar refractivity (Wildman–Crippen MR) is 130 cm³/mol. The van der Waals surface area contributed by atoms with Crippen LogP contribution < -0.4 is 10.6 Å². The van der Waals surface area contributed by atoms with Gasteiger partial charge in [-0.05, 0) is 31.0 Å². The van der Waals surface area contributed by atoms with Gasteiger partial charge in [-0.1, -0.05) is 12.1 Å². The molecular formula is C24H27N7O3. The number of nitrogens with zero attached hydrogens (tertiary/aromatic N) is 6.